The Kier molecular flexibility index (Phi) is 12.0. The van der Waals surface area contributed by atoms with Gasteiger partial charge in [-0.2, -0.15) is 0 Å². The number of hydrogen-bond donors (Lipinski definition) is 1. The molecular formula is C31H27ClI2N4O8. The minimum atomic E-state index is -0.625. The first-order valence-corrected chi connectivity index (χ1v) is 16.4. The van der Waals surface area contributed by atoms with Crippen LogP contribution in [0.5, 0.6) is 0 Å². The van der Waals surface area contributed by atoms with Crippen LogP contribution in [-0.4, -0.2) is 43.8 Å². The SMILES string of the molecule is CCOC(=O)Cn1c(=O)[nH]c2ccc(I)cc2c1=O.CCOC(=O)Cn1c(=O)c2cc(I)ccc2n(Cc2ccc(Cl)cc2)c1=O. The number of nitrogens with zero attached hydrogens (tertiary/aromatic N) is 3. The lowest BCUT2D eigenvalue weighted by Crippen LogP contribution is -2.42. The van der Waals surface area contributed by atoms with Gasteiger partial charge in [-0.05, 0) is 113 Å². The van der Waals surface area contributed by atoms with Gasteiger partial charge in [-0.3, -0.25) is 23.7 Å². The average molecular weight is 873 g/mol. The number of aromatic amines is 1. The summed E-state index contributed by atoms with van der Waals surface area (Å²) in [5, 5.41) is 1.34. The molecule has 0 bridgehead atoms. The fourth-order valence-electron chi connectivity index (χ4n) is 4.50. The number of carbonyl (C=O) groups excluding carboxylic acids is 2. The van der Waals surface area contributed by atoms with Crippen LogP contribution in [-0.2, 0) is 38.7 Å². The van der Waals surface area contributed by atoms with E-state index in [2.05, 4.69) is 50.2 Å². The fraction of sp³-hybridized carbons (Fsp3) is 0.226. The van der Waals surface area contributed by atoms with Gasteiger partial charge in [0.2, 0.25) is 0 Å². The molecule has 0 aliphatic rings. The van der Waals surface area contributed by atoms with Gasteiger partial charge >= 0.3 is 23.3 Å². The first-order valence-electron chi connectivity index (χ1n) is 13.8. The Morgan fingerprint density at radius 1 is 0.739 bits per heavy atom. The van der Waals surface area contributed by atoms with Crippen molar-refractivity contribution >= 4 is 90.5 Å². The molecule has 0 saturated heterocycles. The quantitative estimate of drug-likeness (QED) is 0.182. The molecule has 0 aliphatic carbocycles. The molecule has 0 aliphatic heterocycles. The van der Waals surface area contributed by atoms with Crippen LogP contribution < -0.4 is 22.5 Å². The Hall–Kier alpha value is -3.77. The maximum atomic E-state index is 13.0. The summed E-state index contributed by atoms with van der Waals surface area (Å²) in [7, 11) is 0. The maximum Gasteiger partial charge on any atom is 0.332 e. The molecule has 0 unspecified atom stereocenters. The lowest BCUT2D eigenvalue weighted by molar-refractivity contribution is -0.144. The molecule has 2 heterocycles. The van der Waals surface area contributed by atoms with Gasteiger partial charge in [0.25, 0.3) is 11.1 Å². The van der Waals surface area contributed by atoms with E-state index in [1.807, 2.05) is 18.2 Å². The van der Waals surface area contributed by atoms with Gasteiger partial charge in [-0.15, -0.1) is 0 Å². The lowest BCUT2D eigenvalue weighted by Gasteiger charge is -2.14. The van der Waals surface area contributed by atoms with Crippen LogP contribution in [0.4, 0.5) is 0 Å². The second-order valence-electron chi connectivity index (χ2n) is 9.67. The minimum Gasteiger partial charge on any atom is -0.465 e. The second kappa shape index (κ2) is 15.7. The van der Waals surface area contributed by atoms with Crippen LogP contribution in [0.3, 0.4) is 0 Å². The standard InChI is InChI=1S/C19H16ClIN2O4.C12H11IN2O4/c1-2-27-17(24)11-23-18(25)15-9-14(21)7-8-16(15)22(19(23)26)10-12-3-5-13(20)6-4-12;1-2-19-10(16)6-15-11(17)8-5-7(13)3-4-9(8)14-12(15)18/h3-9H,2,10-11H2,1H3;3-5H,2,6H2,1H3,(H,14,18). The predicted octanol–water partition coefficient (Wildman–Crippen LogP) is 3.89. The van der Waals surface area contributed by atoms with Crippen LogP contribution in [0.25, 0.3) is 21.8 Å². The van der Waals surface area contributed by atoms with E-state index in [4.69, 9.17) is 21.1 Å². The molecule has 15 heteroatoms. The van der Waals surface area contributed by atoms with E-state index in [0.29, 0.717) is 26.8 Å². The zero-order valence-corrected chi connectivity index (χ0v) is 29.6. The highest BCUT2D eigenvalue weighted by atomic mass is 127. The molecule has 3 aromatic carbocycles. The van der Waals surface area contributed by atoms with Crippen molar-refractivity contribution in [2.45, 2.75) is 33.5 Å². The first-order chi connectivity index (χ1) is 21.9. The zero-order chi connectivity index (χ0) is 33.5. The number of ether oxygens (including phenoxy) is 2. The number of aromatic nitrogens is 4. The third kappa shape index (κ3) is 8.33. The highest BCUT2D eigenvalue weighted by Gasteiger charge is 2.17. The van der Waals surface area contributed by atoms with E-state index in [1.54, 1.807) is 56.3 Å². The minimum absolute atomic E-state index is 0.179. The van der Waals surface area contributed by atoms with Crippen molar-refractivity contribution in [1.82, 2.24) is 18.7 Å². The van der Waals surface area contributed by atoms with Crippen molar-refractivity contribution in [3.05, 3.63) is 120 Å². The van der Waals surface area contributed by atoms with Crippen molar-refractivity contribution in [3.8, 4) is 0 Å². The van der Waals surface area contributed by atoms with Gasteiger partial charge in [-0.25, -0.2) is 18.7 Å². The van der Waals surface area contributed by atoms with E-state index in [9.17, 15) is 28.8 Å². The van der Waals surface area contributed by atoms with Crippen LogP contribution in [0.15, 0.2) is 79.8 Å². The molecular weight excluding hydrogens is 846 g/mol. The summed E-state index contributed by atoms with van der Waals surface area (Å²) in [6.07, 6.45) is 0. The van der Waals surface area contributed by atoms with Crippen molar-refractivity contribution < 1.29 is 19.1 Å². The number of nitrogens with one attached hydrogen (secondary N) is 1. The molecule has 2 aromatic heterocycles. The van der Waals surface area contributed by atoms with Crippen LogP contribution in [0.2, 0.25) is 5.02 Å². The smallest absolute Gasteiger partial charge is 0.332 e. The van der Waals surface area contributed by atoms with Gasteiger partial charge in [-0.1, -0.05) is 23.7 Å². The van der Waals surface area contributed by atoms with Crippen molar-refractivity contribution in [2.75, 3.05) is 13.2 Å². The van der Waals surface area contributed by atoms with E-state index in [1.165, 1.54) is 4.57 Å². The number of H-pyrrole nitrogens is 1. The molecule has 46 heavy (non-hydrogen) atoms. The van der Waals surface area contributed by atoms with Crippen LogP contribution >= 0.6 is 56.8 Å². The monoisotopic (exact) mass is 872 g/mol. The van der Waals surface area contributed by atoms with Gasteiger partial charge in [0.1, 0.15) is 13.1 Å². The number of esters is 2. The summed E-state index contributed by atoms with van der Waals surface area (Å²) in [6.45, 7) is 3.15. The summed E-state index contributed by atoms with van der Waals surface area (Å²) >= 11 is 10.1. The lowest BCUT2D eigenvalue weighted by atomic mass is 10.2. The molecule has 5 aromatic rings. The molecule has 0 amide bonds. The molecule has 0 saturated carbocycles. The van der Waals surface area contributed by atoms with E-state index in [0.717, 1.165) is 21.8 Å². The maximum absolute atomic E-state index is 13.0. The van der Waals surface area contributed by atoms with Gasteiger partial charge < -0.3 is 14.5 Å². The molecule has 12 nitrogen and oxygen atoms in total. The Labute approximate surface area is 293 Å². The molecule has 0 radical (unpaired) electrons. The van der Waals surface area contributed by atoms with Gasteiger partial charge in [0, 0.05) is 12.2 Å². The molecule has 5 rings (SSSR count). The zero-order valence-electron chi connectivity index (χ0n) is 24.6. The molecule has 240 valence electrons. The van der Waals surface area contributed by atoms with Crippen LogP contribution in [0, 0.1) is 7.14 Å². The Morgan fingerprint density at radius 2 is 1.28 bits per heavy atom. The normalized spacial score (nSPS) is 10.8. The number of benzene rings is 3. The summed E-state index contributed by atoms with van der Waals surface area (Å²) in [5.41, 5.74) is -0.360. The highest BCUT2D eigenvalue weighted by Crippen LogP contribution is 2.16. The summed E-state index contributed by atoms with van der Waals surface area (Å²) in [6, 6.07) is 17.5. The molecule has 0 spiro atoms. The number of rotatable bonds is 8. The highest BCUT2D eigenvalue weighted by molar-refractivity contribution is 14.1. The predicted molar refractivity (Wildman–Crippen MR) is 191 cm³/mol. The largest absolute Gasteiger partial charge is 0.465 e. The Balaban J connectivity index is 0.000000222. The molecule has 0 atom stereocenters. The number of fused-ring (bicyclic) bond motifs is 2. The summed E-state index contributed by atoms with van der Waals surface area (Å²) in [4.78, 5) is 75.6. The van der Waals surface area contributed by atoms with Crippen molar-refractivity contribution in [3.63, 3.8) is 0 Å². The van der Waals surface area contributed by atoms with Gasteiger partial charge in [0.05, 0.1) is 41.6 Å². The third-order valence-corrected chi connectivity index (χ3v) is 8.16. The number of hydrogen-bond acceptors (Lipinski definition) is 8. The molecule has 0 fully saturated rings. The summed E-state index contributed by atoms with van der Waals surface area (Å²) in [5.74, 6) is -1.24. The number of halogens is 3. The van der Waals surface area contributed by atoms with E-state index < -0.39 is 41.0 Å². The van der Waals surface area contributed by atoms with Gasteiger partial charge in [0.15, 0.2) is 0 Å². The average Bonchev–Trinajstić information content (AvgIpc) is 3.01. The number of carbonyl (C=O) groups is 2. The fourth-order valence-corrected chi connectivity index (χ4v) is 5.61. The topological polar surface area (TPSA) is 151 Å². The Bertz CT molecular complexity index is 2170. The van der Waals surface area contributed by atoms with Crippen molar-refractivity contribution in [2.24, 2.45) is 0 Å². The van der Waals surface area contributed by atoms with Crippen molar-refractivity contribution in [1.29, 1.82) is 0 Å². The second-order valence-corrected chi connectivity index (χ2v) is 12.6. The van der Waals surface area contributed by atoms with Crippen LogP contribution in [0.1, 0.15) is 19.4 Å². The van der Waals surface area contributed by atoms with E-state index in [-0.39, 0.29) is 26.3 Å². The Morgan fingerprint density at radius 3 is 1.89 bits per heavy atom. The third-order valence-electron chi connectivity index (χ3n) is 6.57. The summed E-state index contributed by atoms with van der Waals surface area (Å²) < 4.78 is 14.6. The molecule has 1 N–H and O–H groups in total. The van der Waals surface area contributed by atoms with E-state index >= 15 is 0 Å². The first kappa shape index (κ1) is 35.1.